The summed E-state index contributed by atoms with van der Waals surface area (Å²) in [6.45, 7) is 2.44. The molecule has 0 spiro atoms. The molecule has 0 radical (unpaired) electrons. The lowest BCUT2D eigenvalue weighted by Crippen LogP contribution is -2.04. The molecule has 2 fully saturated rings. The lowest BCUT2D eigenvalue weighted by Gasteiger charge is -2.11. The summed E-state index contributed by atoms with van der Waals surface area (Å²) in [6, 6.07) is 0. The third kappa shape index (κ3) is 0.798. The van der Waals surface area contributed by atoms with Gasteiger partial charge < -0.3 is 0 Å². The molecule has 0 aromatic rings. The molecule has 0 saturated heterocycles. The number of hydrogen-bond acceptors (Lipinski definition) is 0. The molecule has 0 aromatic heterocycles. The molecule has 2 saturated carbocycles. The van der Waals surface area contributed by atoms with Crippen molar-refractivity contribution < 1.29 is 0 Å². The molecule has 9 heavy (non-hydrogen) atoms. The minimum atomic E-state index is 1.07. The predicted octanol–water partition coefficient (Wildman–Crippen LogP) is 2.83. The Bertz CT molecular complexity index is 107. The molecule has 0 bridgehead atoms. The number of fused-ring (bicyclic) bond motifs is 1. The van der Waals surface area contributed by atoms with Gasteiger partial charge in [0.25, 0.3) is 0 Å². The topological polar surface area (TPSA) is 0 Å². The molecule has 0 N–H and O–H groups in total. The molecule has 2 rings (SSSR count). The van der Waals surface area contributed by atoms with Gasteiger partial charge in [-0.3, -0.25) is 0 Å². The zero-order valence-corrected chi connectivity index (χ0v) is 6.27. The molecule has 0 heterocycles. The van der Waals surface area contributed by atoms with Crippen LogP contribution in [-0.2, 0) is 0 Å². The fourth-order valence-corrected chi connectivity index (χ4v) is 2.86. The van der Waals surface area contributed by atoms with E-state index in [9.17, 15) is 0 Å². The van der Waals surface area contributed by atoms with Crippen molar-refractivity contribution in [1.82, 2.24) is 0 Å². The summed E-state index contributed by atoms with van der Waals surface area (Å²) in [7, 11) is 0. The summed E-state index contributed by atoms with van der Waals surface area (Å²) in [6.07, 6.45) is 7.70. The molecule has 0 aliphatic heterocycles. The molecule has 0 nitrogen and oxygen atoms in total. The fraction of sp³-hybridized carbons (Fsp3) is 1.00. The van der Waals surface area contributed by atoms with Gasteiger partial charge in [0.15, 0.2) is 0 Å². The average Bonchev–Trinajstić information content (AvgIpc) is 2.35. The second-order valence-electron chi connectivity index (χ2n) is 3.91. The Balaban J connectivity index is 2.07. The highest BCUT2D eigenvalue weighted by atomic mass is 14.4. The van der Waals surface area contributed by atoms with E-state index in [2.05, 4.69) is 6.92 Å². The fourth-order valence-electron chi connectivity index (χ4n) is 2.86. The Kier molecular flexibility index (Phi) is 1.28. The first-order valence-electron chi connectivity index (χ1n) is 4.38. The van der Waals surface area contributed by atoms with Gasteiger partial charge in [-0.1, -0.05) is 26.2 Å². The smallest absolute Gasteiger partial charge is 0.0360 e. The van der Waals surface area contributed by atoms with Gasteiger partial charge in [0.05, 0.1) is 0 Å². The van der Waals surface area contributed by atoms with Gasteiger partial charge in [-0.2, -0.15) is 0 Å². The van der Waals surface area contributed by atoms with Crippen LogP contribution in [-0.4, -0.2) is 0 Å². The summed E-state index contributed by atoms with van der Waals surface area (Å²) in [4.78, 5) is 0. The molecule has 52 valence electrons. The highest BCUT2D eigenvalue weighted by Gasteiger charge is 2.36. The van der Waals surface area contributed by atoms with E-state index in [4.69, 9.17) is 0 Å². The van der Waals surface area contributed by atoms with E-state index >= 15 is 0 Å². The first-order valence-corrected chi connectivity index (χ1v) is 4.38. The number of rotatable bonds is 0. The Labute approximate surface area is 57.6 Å². The van der Waals surface area contributed by atoms with E-state index in [1.54, 1.807) is 19.3 Å². The van der Waals surface area contributed by atoms with Crippen LogP contribution >= 0.6 is 0 Å². The molecule has 2 aliphatic carbocycles. The zero-order chi connectivity index (χ0) is 6.27. The van der Waals surface area contributed by atoms with Gasteiger partial charge in [-0.05, 0) is 30.6 Å². The van der Waals surface area contributed by atoms with Crippen molar-refractivity contribution in [2.45, 2.75) is 39.0 Å². The molecule has 0 aromatic carbocycles. The lowest BCUT2D eigenvalue weighted by atomic mass is 9.94. The quantitative estimate of drug-likeness (QED) is 0.466. The third-order valence-electron chi connectivity index (χ3n) is 3.44. The normalized spacial score (nSPS) is 49.7. The standard InChI is InChI=1S/C9H16/c1-7-5-6-8-3-2-4-9(7)8/h7-9H,2-6H2,1H3/t7?,8-,9?/m0/s1. The van der Waals surface area contributed by atoms with Crippen LogP contribution in [0.4, 0.5) is 0 Å². The van der Waals surface area contributed by atoms with Crippen molar-refractivity contribution in [3.63, 3.8) is 0 Å². The van der Waals surface area contributed by atoms with Crippen LogP contribution in [0.1, 0.15) is 39.0 Å². The van der Waals surface area contributed by atoms with E-state index in [-0.39, 0.29) is 0 Å². The maximum absolute atomic E-state index is 2.44. The van der Waals surface area contributed by atoms with Gasteiger partial charge in [0.1, 0.15) is 0 Å². The second-order valence-corrected chi connectivity index (χ2v) is 3.91. The van der Waals surface area contributed by atoms with Crippen LogP contribution < -0.4 is 0 Å². The van der Waals surface area contributed by atoms with Gasteiger partial charge in [-0.15, -0.1) is 0 Å². The van der Waals surface area contributed by atoms with Crippen LogP contribution in [0.5, 0.6) is 0 Å². The summed E-state index contributed by atoms with van der Waals surface area (Å²) in [5, 5.41) is 0. The summed E-state index contributed by atoms with van der Waals surface area (Å²) < 4.78 is 0. The predicted molar refractivity (Wildman–Crippen MR) is 39.2 cm³/mol. The molecule has 2 unspecified atom stereocenters. The van der Waals surface area contributed by atoms with Crippen molar-refractivity contribution >= 4 is 0 Å². The largest absolute Gasteiger partial charge is 0.0622 e. The highest BCUT2D eigenvalue weighted by molar-refractivity contribution is 4.86. The average molecular weight is 124 g/mol. The SMILES string of the molecule is CC1CC[C@@H]2CCCC12. The van der Waals surface area contributed by atoms with E-state index in [1.165, 1.54) is 12.8 Å². The first-order chi connectivity index (χ1) is 4.38. The van der Waals surface area contributed by atoms with E-state index in [0.29, 0.717) is 0 Å². The minimum absolute atomic E-state index is 1.07. The second kappa shape index (κ2) is 2.00. The molecule has 2 aliphatic rings. The lowest BCUT2D eigenvalue weighted by molar-refractivity contribution is 0.376. The van der Waals surface area contributed by atoms with Gasteiger partial charge >= 0.3 is 0 Å². The summed E-state index contributed by atoms with van der Waals surface area (Å²) in [5.74, 6) is 3.36. The Morgan fingerprint density at radius 3 is 2.67 bits per heavy atom. The van der Waals surface area contributed by atoms with Crippen molar-refractivity contribution in [3.8, 4) is 0 Å². The van der Waals surface area contributed by atoms with Gasteiger partial charge in [0.2, 0.25) is 0 Å². The number of hydrogen-bond donors (Lipinski definition) is 0. The molecular weight excluding hydrogens is 108 g/mol. The third-order valence-corrected chi connectivity index (χ3v) is 3.44. The van der Waals surface area contributed by atoms with Gasteiger partial charge in [-0.25, -0.2) is 0 Å². The summed E-state index contributed by atoms with van der Waals surface area (Å²) >= 11 is 0. The Morgan fingerprint density at radius 1 is 1.00 bits per heavy atom. The first kappa shape index (κ1) is 5.76. The Hall–Kier alpha value is 0. The molecule has 0 amide bonds. The van der Waals surface area contributed by atoms with Crippen LogP contribution in [0.3, 0.4) is 0 Å². The van der Waals surface area contributed by atoms with E-state index in [0.717, 1.165) is 17.8 Å². The monoisotopic (exact) mass is 124 g/mol. The molecule has 0 heteroatoms. The van der Waals surface area contributed by atoms with Crippen molar-refractivity contribution in [1.29, 1.82) is 0 Å². The van der Waals surface area contributed by atoms with Crippen LogP contribution in [0.25, 0.3) is 0 Å². The van der Waals surface area contributed by atoms with Crippen molar-refractivity contribution in [2.75, 3.05) is 0 Å². The van der Waals surface area contributed by atoms with E-state index < -0.39 is 0 Å². The van der Waals surface area contributed by atoms with Crippen molar-refractivity contribution in [3.05, 3.63) is 0 Å². The highest BCUT2D eigenvalue weighted by Crippen LogP contribution is 2.46. The Morgan fingerprint density at radius 2 is 1.89 bits per heavy atom. The maximum Gasteiger partial charge on any atom is -0.0360 e. The van der Waals surface area contributed by atoms with Crippen LogP contribution in [0.15, 0.2) is 0 Å². The molecule has 3 atom stereocenters. The molecular formula is C9H16. The zero-order valence-electron chi connectivity index (χ0n) is 6.27. The minimum Gasteiger partial charge on any atom is -0.0622 e. The van der Waals surface area contributed by atoms with Gasteiger partial charge in [0, 0.05) is 0 Å². The van der Waals surface area contributed by atoms with Crippen LogP contribution in [0.2, 0.25) is 0 Å². The van der Waals surface area contributed by atoms with Crippen molar-refractivity contribution in [2.24, 2.45) is 17.8 Å². The maximum atomic E-state index is 2.44. The summed E-state index contributed by atoms with van der Waals surface area (Å²) in [5.41, 5.74) is 0. The van der Waals surface area contributed by atoms with E-state index in [1.807, 2.05) is 0 Å². The van der Waals surface area contributed by atoms with Crippen LogP contribution in [0, 0.1) is 17.8 Å².